The highest BCUT2D eigenvalue weighted by Crippen LogP contribution is 2.53. The van der Waals surface area contributed by atoms with E-state index >= 15 is 0 Å². The summed E-state index contributed by atoms with van der Waals surface area (Å²) < 4.78 is 0. The molecular weight excluding hydrogens is 504 g/mol. The van der Waals surface area contributed by atoms with Crippen LogP contribution in [0.2, 0.25) is 0 Å². The van der Waals surface area contributed by atoms with E-state index in [0.717, 1.165) is 31.6 Å². The monoisotopic (exact) mass is 542 g/mol. The van der Waals surface area contributed by atoms with Gasteiger partial charge in [-0.3, -0.25) is 14.4 Å². The summed E-state index contributed by atoms with van der Waals surface area (Å²) in [5.41, 5.74) is 4.75. The zero-order chi connectivity index (χ0) is 28.4. The van der Waals surface area contributed by atoms with Crippen LogP contribution in [0, 0.1) is 17.8 Å². The van der Waals surface area contributed by atoms with Crippen LogP contribution in [0.25, 0.3) is 5.76 Å². The molecule has 7 N–H and O–H groups in total. The number of amides is 1. The van der Waals surface area contributed by atoms with Crippen molar-refractivity contribution in [1.82, 2.24) is 10.2 Å². The van der Waals surface area contributed by atoms with Gasteiger partial charge in [-0.25, -0.2) is 0 Å². The highest BCUT2D eigenvalue weighted by Gasteiger charge is 2.64. The molecule has 0 bridgehead atoms. The molecule has 1 aliphatic heterocycles. The van der Waals surface area contributed by atoms with Gasteiger partial charge in [0.1, 0.15) is 17.4 Å². The summed E-state index contributed by atoms with van der Waals surface area (Å²) in [4.78, 5) is 43.0. The molecule has 212 valence electrons. The summed E-state index contributed by atoms with van der Waals surface area (Å²) in [6.07, 6.45) is 0.838. The van der Waals surface area contributed by atoms with E-state index in [0.29, 0.717) is 24.1 Å². The van der Waals surface area contributed by atoms with Crippen molar-refractivity contribution < 1.29 is 34.8 Å². The Kier molecular flexibility index (Phi) is 6.99. The molecule has 4 aliphatic rings. The number of nitrogens with one attached hydrogen (secondary N) is 1. The van der Waals surface area contributed by atoms with E-state index in [1.807, 2.05) is 25.1 Å². The summed E-state index contributed by atoms with van der Waals surface area (Å²) in [6, 6.07) is 2.17. The molecule has 5 atom stereocenters. The molecule has 1 heterocycles. The van der Waals surface area contributed by atoms with Gasteiger partial charge in [-0.05, 0) is 69.8 Å². The number of anilines is 1. The number of nitrogens with two attached hydrogens (primary N) is 1. The Morgan fingerprint density at radius 2 is 1.87 bits per heavy atom. The van der Waals surface area contributed by atoms with Crippen LogP contribution in [-0.2, 0) is 27.3 Å². The number of benzene rings is 1. The first-order chi connectivity index (χ1) is 18.4. The normalized spacial score (nSPS) is 31.5. The molecule has 39 heavy (non-hydrogen) atoms. The summed E-state index contributed by atoms with van der Waals surface area (Å²) in [6.45, 7) is 2.31. The Hall–Kier alpha value is -2.99. The van der Waals surface area contributed by atoms with Gasteiger partial charge in [0, 0.05) is 49.4 Å². The van der Waals surface area contributed by atoms with Crippen molar-refractivity contribution in [3.63, 3.8) is 0 Å². The number of carbonyl (C=O) groups excluding carboxylic acids is 3. The number of aliphatic hydroxyl groups excluding tert-OH is 2. The van der Waals surface area contributed by atoms with Gasteiger partial charge in [-0.15, -0.1) is 0 Å². The maximum atomic E-state index is 13.8. The van der Waals surface area contributed by atoms with Crippen molar-refractivity contribution in [3.8, 4) is 5.75 Å². The molecule has 0 radical (unpaired) electrons. The van der Waals surface area contributed by atoms with E-state index in [2.05, 4.69) is 17.3 Å². The number of phenols is 1. The predicted octanol–water partition coefficient (Wildman–Crippen LogP) is -0.161. The second-order valence-electron chi connectivity index (χ2n) is 11.8. The Balaban J connectivity index is 1.55. The third-order valence-corrected chi connectivity index (χ3v) is 9.22. The average Bonchev–Trinajstić information content (AvgIpc) is 2.86. The minimum Gasteiger partial charge on any atom is -0.507 e. The molecule has 0 spiro atoms. The van der Waals surface area contributed by atoms with E-state index in [1.165, 1.54) is 0 Å². The van der Waals surface area contributed by atoms with Gasteiger partial charge >= 0.3 is 0 Å². The number of aromatic hydroxyl groups is 1. The lowest BCUT2D eigenvalue weighted by molar-refractivity contribution is -0.174. The van der Waals surface area contributed by atoms with Crippen LogP contribution in [0.15, 0.2) is 11.6 Å². The first kappa shape index (κ1) is 27.6. The van der Waals surface area contributed by atoms with Gasteiger partial charge in [0.05, 0.1) is 11.7 Å². The average molecular weight is 543 g/mol. The van der Waals surface area contributed by atoms with E-state index in [1.54, 1.807) is 0 Å². The van der Waals surface area contributed by atoms with Gasteiger partial charge in [0.2, 0.25) is 11.7 Å². The number of ketones is 2. The van der Waals surface area contributed by atoms with Gasteiger partial charge < -0.3 is 41.3 Å². The van der Waals surface area contributed by atoms with Crippen LogP contribution in [0.4, 0.5) is 5.69 Å². The van der Waals surface area contributed by atoms with Crippen molar-refractivity contribution in [2.45, 2.75) is 56.4 Å². The number of hydrogen-bond acceptors (Lipinski definition) is 10. The second kappa shape index (κ2) is 9.88. The standard InChI is InChI=1S/C28H38N4O7/c1-31(2)18-10-14(12-30-16-4-6-32(3)7-5-16)23(34)21-17(18)9-13-8-15-11-19(33)22(27(29)38)26(37)28(15,39)25(36)20(13)24(21)35/h10,13,15-16,19,22,30,33-35,39H,4-9,11-12H2,1-3H3,(H2,29,38)/t13-,15+,19?,22?,28+/m1/s1. The summed E-state index contributed by atoms with van der Waals surface area (Å²) in [5, 5.41) is 48.2. The lowest BCUT2D eigenvalue weighted by atomic mass is 9.56. The Morgan fingerprint density at radius 3 is 2.49 bits per heavy atom. The zero-order valence-corrected chi connectivity index (χ0v) is 22.6. The fourth-order valence-electron chi connectivity index (χ4n) is 7.03. The number of phenolic OH excluding ortho intramolecular Hbond substituents is 1. The molecule has 1 saturated heterocycles. The van der Waals surface area contributed by atoms with Crippen LogP contribution in [0.5, 0.6) is 5.75 Å². The number of carbonyl (C=O) groups is 3. The Morgan fingerprint density at radius 1 is 1.21 bits per heavy atom. The molecule has 3 aliphatic carbocycles. The van der Waals surface area contributed by atoms with E-state index < -0.39 is 52.7 Å². The maximum absolute atomic E-state index is 13.8. The zero-order valence-electron chi connectivity index (χ0n) is 22.6. The lowest BCUT2D eigenvalue weighted by Crippen LogP contribution is -2.66. The Bertz CT molecular complexity index is 1250. The van der Waals surface area contributed by atoms with Crippen molar-refractivity contribution in [2.75, 3.05) is 39.1 Å². The molecule has 5 rings (SSSR count). The van der Waals surface area contributed by atoms with E-state index in [4.69, 9.17) is 5.73 Å². The predicted molar refractivity (Wildman–Crippen MR) is 143 cm³/mol. The number of fused-ring (bicyclic) bond motifs is 3. The van der Waals surface area contributed by atoms with E-state index in [-0.39, 0.29) is 35.8 Å². The smallest absolute Gasteiger partial charge is 0.230 e. The van der Waals surface area contributed by atoms with Crippen LogP contribution < -0.4 is 16.0 Å². The first-order valence-electron chi connectivity index (χ1n) is 13.6. The number of nitrogens with zero attached hydrogens (tertiary/aromatic N) is 2. The summed E-state index contributed by atoms with van der Waals surface area (Å²) >= 11 is 0. The van der Waals surface area contributed by atoms with E-state index in [9.17, 15) is 34.8 Å². The molecular formula is C28H38N4O7. The molecule has 3 fully saturated rings. The highest BCUT2D eigenvalue weighted by atomic mass is 16.3. The second-order valence-corrected chi connectivity index (χ2v) is 11.8. The quantitative estimate of drug-likeness (QED) is 0.274. The fourth-order valence-corrected chi connectivity index (χ4v) is 7.03. The number of primary amides is 1. The number of hydrogen-bond donors (Lipinski definition) is 6. The molecule has 11 heteroatoms. The molecule has 2 saturated carbocycles. The van der Waals surface area contributed by atoms with Crippen molar-refractivity contribution in [3.05, 3.63) is 28.3 Å². The summed E-state index contributed by atoms with van der Waals surface area (Å²) in [7, 11) is 5.81. The maximum Gasteiger partial charge on any atom is 0.230 e. The van der Waals surface area contributed by atoms with Crippen LogP contribution in [-0.4, -0.2) is 94.8 Å². The van der Waals surface area contributed by atoms with Gasteiger partial charge in [0.15, 0.2) is 11.4 Å². The van der Waals surface area contributed by atoms with Gasteiger partial charge in [0.25, 0.3) is 0 Å². The third-order valence-electron chi connectivity index (χ3n) is 9.22. The summed E-state index contributed by atoms with van der Waals surface area (Å²) in [5.74, 6) is -7.04. The topological polar surface area (TPSA) is 177 Å². The minimum absolute atomic E-state index is 0.123. The lowest BCUT2D eigenvalue weighted by Gasteiger charge is -2.48. The molecule has 1 aromatic carbocycles. The van der Waals surface area contributed by atoms with Gasteiger partial charge in [-0.2, -0.15) is 0 Å². The number of rotatable bonds is 5. The Labute approximate surface area is 227 Å². The number of piperidine rings is 1. The molecule has 1 amide bonds. The SMILES string of the molecule is CN1CCC(NCc2cc(N(C)C)c3c(c2O)C(O)=C2C(=O)[C@]4(O)C(=O)C(C(N)=O)C(O)C[C@@H]4C[C@@H]2C3)CC1. The fraction of sp³-hybridized carbons (Fsp3) is 0.607. The van der Waals surface area contributed by atoms with Crippen LogP contribution in [0.1, 0.15) is 42.4 Å². The van der Waals surface area contributed by atoms with Crippen molar-refractivity contribution in [1.29, 1.82) is 0 Å². The first-order valence-corrected chi connectivity index (χ1v) is 13.6. The van der Waals surface area contributed by atoms with Crippen molar-refractivity contribution >= 4 is 28.9 Å². The number of likely N-dealkylation sites (tertiary alicyclic amines) is 1. The van der Waals surface area contributed by atoms with Crippen molar-refractivity contribution in [2.24, 2.45) is 23.5 Å². The number of aliphatic hydroxyl groups is 3. The third kappa shape index (κ3) is 4.32. The molecule has 1 aromatic rings. The minimum atomic E-state index is -2.58. The number of Topliss-reactive ketones (excluding diaryl/α,β-unsaturated/α-hetero) is 2. The molecule has 2 unspecified atom stereocenters. The van der Waals surface area contributed by atoms with Crippen LogP contribution >= 0.6 is 0 Å². The molecule has 11 nitrogen and oxygen atoms in total. The molecule has 0 aromatic heterocycles. The van der Waals surface area contributed by atoms with Crippen LogP contribution in [0.3, 0.4) is 0 Å². The largest absolute Gasteiger partial charge is 0.507 e. The highest BCUT2D eigenvalue weighted by molar-refractivity contribution is 6.24. The van der Waals surface area contributed by atoms with Gasteiger partial charge in [-0.1, -0.05) is 0 Å².